The van der Waals surface area contributed by atoms with Crippen LogP contribution in [0.2, 0.25) is 0 Å². The molecule has 2 rings (SSSR count). The van der Waals surface area contributed by atoms with E-state index in [1.54, 1.807) is 12.3 Å². The van der Waals surface area contributed by atoms with E-state index >= 15 is 0 Å². The van der Waals surface area contributed by atoms with Gasteiger partial charge in [-0.05, 0) is 61.9 Å². The maximum Gasteiger partial charge on any atom is 0.115 e. The minimum atomic E-state index is 0.351. The molecule has 0 spiro atoms. The van der Waals surface area contributed by atoms with Gasteiger partial charge in [-0.25, -0.2) is 0 Å². The van der Waals surface area contributed by atoms with E-state index < -0.39 is 0 Å². The highest BCUT2D eigenvalue weighted by Crippen LogP contribution is 2.17. The summed E-state index contributed by atoms with van der Waals surface area (Å²) in [6.07, 6.45) is 6.23. The standard InChI is InChI=1S/C14H18N2O/c1-11-10-14(17)7-6-12(11)4-2-3-5-13-8-9-15-16-13/h6-10,17H,2-5H2,1H3,(H,15,16). The van der Waals surface area contributed by atoms with Gasteiger partial charge in [-0.1, -0.05) is 6.07 Å². The van der Waals surface area contributed by atoms with Crippen LogP contribution in [-0.2, 0) is 12.8 Å². The number of nitrogens with zero attached hydrogens (tertiary/aromatic N) is 1. The highest BCUT2D eigenvalue weighted by Gasteiger charge is 2.00. The smallest absolute Gasteiger partial charge is 0.115 e. The number of phenolic OH excluding ortho intramolecular Hbond substituents is 1. The van der Waals surface area contributed by atoms with Crippen molar-refractivity contribution in [3.8, 4) is 5.75 Å². The molecule has 1 heterocycles. The summed E-state index contributed by atoms with van der Waals surface area (Å²) in [5.41, 5.74) is 3.70. The highest BCUT2D eigenvalue weighted by molar-refractivity contribution is 5.33. The summed E-state index contributed by atoms with van der Waals surface area (Å²) in [4.78, 5) is 0. The number of benzene rings is 1. The second-order valence-electron chi connectivity index (χ2n) is 4.40. The Bertz CT molecular complexity index is 463. The zero-order valence-electron chi connectivity index (χ0n) is 10.1. The van der Waals surface area contributed by atoms with Crippen molar-refractivity contribution in [3.05, 3.63) is 47.3 Å². The maximum atomic E-state index is 9.32. The van der Waals surface area contributed by atoms with Gasteiger partial charge in [0.1, 0.15) is 5.75 Å². The molecule has 3 heteroatoms. The van der Waals surface area contributed by atoms with Gasteiger partial charge < -0.3 is 5.11 Å². The van der Waals surface area contributed by atoms with E-state index in [-0.39, 0.29) is 0 Å². The molecule has 0 amide bonds. The molecule has 0 saturated carbocycles. The van der Waals surface area contributed by atoms with Crippen molar-refractivity contribution in [1.29, 1.82) is 0 Å². The van der Waals surface area contributed by atoms with Gasteiger partial charge in [-0.3, -0.25) is 5.10 Å². The zero-order valence-corrected chi connectivity index (χ0v) is 10.1. The molecular weight excluding hydrogens is 212 g/mol. The number of aromatic nitrogens is 2. The van der Waals surface area contributed by atoms with Crippen LogP contribution in [-0.4, -0.2) is 15.3 Å². The fraction of sp³-hybridized carbons (Fsp3) is 0.357. The van der Waals surface area contributed by atoms with Gasteiger partial charge in [0.05, 0.1) is 0 Å². The molecule has 0 aliphatic carbocycles. The van der Waals surface area contributed by atoms with Crippen LogP contribution in [0.15, 0.2) is 30.5 Å². The Balaban J connectivity index is 1.78. The van der Waals surface area contributed by atoms with E-state index in [2.05, 4.69) is 10.2 Å². The fourth-order valence-electron chi connectivity index (χ4n) is 2.02. The first kappa shape index (κ1) is 11.7. The molecule has 0 bridgehead atoms. The number of rotatable bonds is 5. The number of H-pyrrole nitrogens is 1. The first-order valence-electron chi connectivity index (χ1n) is 6.02. The van der Waals surface area contributed by atoms with Crippen molar-refractivity contribution in [3.63, 3.8) is 0 Å². The van der Waals surface area contributed by atoms with Gasteiger partial charge in [-0.2, -0.15) is 5.10 Å². The average molecular weight is 230 g/mol. The van der Waals surface area contributed by atoms with E-state index in [1.165, 1.54) is 16.8 Å². The largest absolute Gasteiger partial charge is 0.508 e. The maximum absolute atomic E-state index is 9.32. The average Bonchev–Trinajstić information content (AvgIpc) is 2.79. The van der Waals surface area contributed by atoms with Gasteiger partial charge in [0.2, 0.25) is 0 Å². The van der Waals surface area contributed by atoms with Crippen molar-refractivity contribution in [1.82, 2.24) is 10.2 Å². The number of unbranched alkanes of at least 4 members (excludes halogenated alkanes) is 1. The molecular formula is C14H18N2O. The molecule has 90 valence electrons. The molecule has 2 N–H and O–H groups in total. The second-order valence-corrected chi connectivity index (χ2v) is 4.40. The predicted octanol–water partition coefficient (Wildman–Crippen LogP) is 2.99. The predicted molar refractivity (Wildman–Crippen MR) is 68.1 cm³/mol. The Labute approximate surface area is 102 Å². The quantitative estimate of drug-likeness (QED) is 0.776. The summed E-state index contributed by atoms with van der Waals surface area (Å²) < 4.78 is 0. The van der Waals surface area contributed by atoms with E-state index in [1.807, 2.05) is 25.1 Å². The molecule has 3 nitrogen and oxygen atoms in total. The molecule has 1 aromatic heterocycles. The van der Waals surface area contributed by atoms with Gasteiger partial charge in [-0.15, -0.1) is 0 Å². The second kappa shape index (κ2) is 5.53. The summed E-state index contributed by atoms with van der Waals surface area (Å²) in [5.74, 6) is 0.351. The van der Waals surface area contributed by atoms with Gasteiger partial charge >= 0.3 is 0 Å². The van der Waals surface area contributed by atoms with Crippen LogP contribution in [0.25, 0.3) is 0 Å². The summed E-state index contributed by atoms with van der Waals surface area (Å²) in [6.45, 7) is 2.05. The third-order valence-corrected chi connectivity index (χ3v) is 3.03. The lowest BCUT2D eigenvalue weighted by Crippen LogP contribution is -1.92. The SMILES string of the molecule is Cc1cc(O)ccc1CCCCc1ccn[nH]1. The summed E-state index contributed by atoms with van der Waals surface area (Å²) in [6, 6.07) is 7.62. The molecule has 0 atom stereocenters. The third-order valence-electron chi connectivity index (χ3n) is 3.03. The highest BCUT2D eigenvalue weighted by atomic mass is 16.3. The Morgan fingerprint density at radius 2 is 2.00 bits per heavy atom. The number of aromatic amines is 1. The Kier molecular flexibility index (Phi) is 3.81. The fourth-order valence-corrected chi connectivity index (χ4v) is 2.02. The van der Waals surface area contributed by atoms with Crippen molar-refractivity contribution in [2.75, 3.05) is 0 Å². The van der Waals surface area contributed by atoms with Crippen LogP contribution in [0.1, 0.15) is 29.7 Å². The van der Waals surface area contributed by atoms with Crippen molar-refractivity contribution < 1.29 is 5.11 Å². The molecule has 1 aromatic carbocycles. The Morgan fingerprint density at radius 3 is 2.71 bits per heavy atom. The van der Waals surface area contributed by atoms with Crippen LogP contribution in [0.3, 0.4) is 0 Å². The van der Waals surface area contributed by atoms with Crippen LogP contribution in [0.5, 0.6) is 5.75 Å². The van der Waals surface area contributed by atoms with Crippen LogP contribution in [0.4, 0.5) is 0 Å². The topological polar surface area (TPSA) is 48.9 Å². The van der Waals surface area contributed by atoms with Crippen LogP contribution in [0, 0.1) is 6.92 Å². The van der Waals surface area contributed by atoms with E-state index in [9.17, 15) is 5.11 Å². The molecule has 2 aromatic rings. The van der Waals surface area contributed by atoms with E-state index in [0.717, 1.165) is 25.7 Å². The minimum absolute atomic E-state index is 0.351. The van der Waals surface area contributed by atoms with E-state index in [4.69, 9.17) is 0 Å². The Morgan fingerprint density at radius 1 is 1.18 bits per heavy atom. The molecule has 0 aliphatic rings. The monoisotopic (exact) mass is 230 g/mol. The summed E-state index contributed by atoms with van der Waals surface area (Å²) in [7, 11) is 0. The molecule has 0 radical (unpaired) electrons. The zero-order chi connectivity index (χ0) is 12.1. The van der Waals surface area contributed by atoms with Crippen LogP contribution >= 0.6 is 0 Å². The Hall–Kier alpha value is -1.77. The van der Waals surface area contributed by atoms with Crippen molar-refractivity contribution in [2.45, 2.75) is 32.6 Å². The first-order valence-corrected chi connectivity index (χ1v) is 6.02. The number of aromatic hydroxyl groups is 1. The van der Waals surface area contributed by atoms with E-state index in [0.29, 0.717) is 5.75 Å². The van der Waals surface area contributed by atoms with Gasteiger partial charge in [0.25, 0.3) is 0 Å². The van der Waals surface area contributed by atoms with Gasteiger partial charge in [0, 0.05) is 11.9 Å². The number of nitrogens with one attached hydrogen (secondary N) is 1. The summed E-state index contributed by atoms with van der Waals surface area (Å²) >= 11 is 0. The summed E-state index contributed by atoms with van der Waals surface area (Å²) in [5, 5.41) is 16.2. The minimum Gasteiger partial charge on any atom is -0.508 e. The molecule has 17 heavy (non-hydrogen) atoms. The number of phenols is 1. The molecule has 0 saturated heterocycles. The number of hydrogen-bond donors (Lipinski definition) is 2. The lowest BCUT2D eigenvalue weighted by atomic mass is 10.0. The lowest BCUT2D eigenvalue weighted by Gasteiger charge is -2.05. The van der Waals surface area contributed by atoms with Gasteiger partial charge in [0.15, 0.2) is 0 Å². The molecule has 0 unspecified atom stereocenters. The lowest BCUT2D eigenvalue weighted by molar-refractivity contribution is 0.474. The third kappa shape index (κ3) is 3.34. The first-order chi connectivity index (χ1) is 8.25. The molecule has 0 aliphatic heterocycles. The van der Waals surface area contributed by atoms with Crippen LogP contribution < -0.4 is 0 Å². The number of hydrogen-bond acceptors (Lipinski definition) is 2. The van der Waals surface area contributed by atoms with Crippen molar-refractivity contribution in [2.24, 2.45) is 0 Å². The molecule has 0 fully saturated rings. The van der Waals surface area contributed by atoms with Crippen molar-refractivity contribution >= 4 is 0 Å². The normalized spacial score (nSPS) is 10.6. The number of aryl methyl sites for hydroxylation is 3.